The average Bonchev–Trinajstić information content (AvgIpc) is 2.51. The molecule has 0 bridgehead atoms. The molecule has 1 aliphatic rings. The first-order valence-corrected chi connectivity index (χ1v) is 10.1. The summed E-state index contributed by atoms with van der Waals surface area (Å²) in [7, 11) is -3.25. The van der Waals surface area contributed by atoms with Gasteiger partial charge in [-0.3, -0.25) is 9.69 Å². The first-order valence-electron chi connectivity index (χ1n) is 8.18. The second-order valence-electron chi connectivity index (χ2n) is 6.65. The normalized spacial score (nSPS) is 19.4. The van der Waals surface area contributed by atoms with Crippen LogP contribution in [-0.4, -0.2) is 64.4 Å². The van der Waals surface area contributed by atoms with E-state index >= 15 is 0 Å². The standard InChI is InChI=1S/C17H26N2O4S/c1-13(2)11-19-8-9-23-15(12-19)10-18-17(20)14-4-6-16(7-5-14)24(3,21)22/h4-7,13,15H,8-12H2,1-3H3,(H,18,20). The molecule has 24 heavy (non-hydrogen) atoms. The Morgan fingerprint density at radius 2 is 2.00 bits per heavy atom. The number of hydrogen-bond acceptors (Lipinski definition) is 5. The third-order valence-corrected chi connectivity index (χ3v) is 5.01. The van der Waals surface area contributed by atoms with Gasteiger partial charge in [0.1, 0.15) is 0 Å². The Balaban J connectivity index is 1.86. The van der Waals surface area contributed by atoms with Crippen molar-refractivity contribution in [3.05, 3.63) is 29.8 Å². The van der Waals surface area contributed by atoms with Gasteiger partial charge >= 0.3 is 0 Å². The maximum atomic E-state index is 12.2. The van der Waals surface area contributed by atoms with Gasteiger partial charge in [0, 0.05) is 38.0 Å². The number of hydrogen-bond donors (Lipinski definition) is 1. The van der Waals surface area contributed by atoms with E-state index in [1.54, 1.807) is 0 Å². The monoisotopic (exact) mass is 354 g/mol. The zero-order valence-electron chi connectivity index (χ0n) is 14.5. The van der Waals surface area contributed by atoms with Crippen LogP contribution in [0.25, 0.3) is 0 Å². The van der Waals surface area contributed by atoms with Crippen LogP contribution in [0.2, 0.25) is 0 Å². The lowest BCUT2D eigenvalue weighted by atomic mass is 10.1. The molecule has 134 valence electrons. The quantitative estimate of drug-likeness (QED) is 0.830. The van der Waals surface area contributed by atoms with Crippen molar-refractivity contribution in [2.75, 3.05) is 39.0 Å². The van der Waals surface area contributed by atoms with E-state index in [-0.39, 0.29) is 16.9 Å². The van der Waals surface area contributed by atoms with E-state index in [4.69, 9.17) is 4.74 Å². The highest BCUT2D eigenvalue weighted by Gasteiger charge is 2.21. The number of benzene rings is 1. The number of nitrogens with zero attached hydrogens (tertiary/aromatic N) is 1. The van der Waals surface area contributed by atoms with E-state index in [2.05, 4.69) is 24.1 Å². The fourth-order valence-corrected chi connectivity index (χ4v) is 3.38. The van der Waals surface area contributed by atoms with Crippen molar-refractivity contribution in [1.29, 1.82) is 0 Å². The molecule has 1 aromatic carbocycles. The summed E-state index contributed by atoms with van der Waals surface area (Å²) in [6, 6.07) is 5.95. The number of ether oxygens (including phenoxy) is 1. The predicted molar refractivity (Wildman–Crippen MR) is 92.9 cm³/mol. The highest BCUT2D eigenvalue weighted by atomic mass is 32.2. The molecule has 0 radical (unpaired) electrons. The number of nitrogens with one attached hydrogen (secondary N) is 1. The molecule has 0 saturated carbocycles. The third-order valence-electron chi connectivity index (χ3n) is 3.88. The molecule has 1 amide bonds. The Hall–Kier alpha value is -1.44. The summed E-state index contributed by atoms with van der Waals surface area (Å²) in [5.74, 6) is 0.381. The van der Waals surface area contributed by atoms with Gasteiger partial charge in [-0.05, 0) is 30.2 Å². The molecule has 0 aliphatic carbocycles. The van der Waals surface area contributed by atoms with Crippen molar-refractivity contribution >= 4 is 15.7 Å². The van der Waals surface area contributed by atoms with E-state index in [1.807, 2.05) is 0 Å². The van der Waals surface area contributed by atoms with E-state index in [0.717, 1.165) is 25.9 Å². The molecule has 6 nitrogen and oxygen atoms in total. The van der Waals surface area contributed by atoms with Gasteiger partial charge in [0.05, 0.1) is 17.6 Å². The minimum Gasteiger partial charge on any atom is -0.374 e. The fraction of sp³-hybridized carbons (Fsp3) is 0.588. The summed E-state index contributed by atoms with van der Waals surface area (Å²) < 4.78 is 28.6. The SMILES string of the molecule is CC(C)CN1CCOC(CNC(=O)c2ccc(S(C)(=O)=O)cc2)C1. The Bertz CT molecular complexity index is 656. The summed E-state index contributed by atoms with van der Waals surface area (Å²) in [6.07, 6.45) is 1.13. The summed E-state index contributed by atoms with van der Waals surface area (Å²) >= 11 is 0. The summed E-state index contributed by atoms with van der Waals surface area (Å²) in [6.45, 7) is 8.26. The Morgan fingerprint density at radius 1 is 1.33 bits per heavy atom. The zero-order valence-corrected chi connectivity index (χ0v) is 15.3. The van der Waals surface area contributed by atoms with E-state index in [0.29, 0.717) is 24.6 Å². The number of morpholine rings is 1. The number of amides is 1. The lowest BCUT2D eigenvalue weighted by Gasteiger charge is -2.33. The van der Waals surface area contributed by atoms with Gasteiger partial charge in [-0.15, -0.1) is 0 Å². The van der Waals surface area contributed by atoms with Crippen LogP contribution in [0.15, 0.2) is 29.2 Å². The van der Waals surface area contributed by atoms with Crippen molar-refractivity contribution in [1.82, 2.24) is 10.2 Å². The minimum absolute atomic E-state index is 0.0169. The highest BCUT2D eigenvalue weighted by molar-refractivity contribution is 7.90. The van der Waals surface area contributed by atoms with Crippen LogP contribution < -0.4 is 5.32 Å². The molecule has 0 spiro atoms. The Morgan fingerprint density at radius 3 is 2.58 bits per heavy atom. The molecule has 1 fully saturated rings. The summed E-state index contributed by atoms with van der Waals surface area (Å²) in [5, 5.41) is 2.86. The first kappa shape index (κ1) is 18.9. The maximum absolute atomic E-state index is 12.2. The van der Waals surface area contributed by atoms with Crippen molar-refractivity contribution in [3.8, 4) is 0 Å². The molecule has 2 rings (SSSR count). The third kappa shape index (κ3) is 5.58. The lowest BCUT2D eigenvalue weighted by molar-refractivity contribution is -0.0295. The summed E-state index contributed by atoms with van der Waals surface area (Å²) in [4.78, 5) is 14.7. The van der Waals surface area contributed by atoms with E-state index in [9.17, 15) is 13.2 Å². The van der Waals surface area contributed by atoms with Crippen LogP contribution in [0.3, 0.4) is 0 Å². The second-order valence-corrected chi connectivity index (χ2v) is 8.67. The largest absolute Gasteiger partial charge is 0.374 e. The smallest absolute Gasteiger partial charge is 0.251 e. The Labute approximate surface area is 144 Å². The highest BCUT2D eigenvalue weighted by Crippen LogP contribution is 2.11. The number of rotatable bonds is 6. The zero-order chi connectivity index (χ0) is 17.7. The van der Waals surface area contributed by atoms with E-state index < -0.39 is 9.84 Å². The predicted octanol–water partition coefficient (Wildman–Crippen LogP) is 1.18. The first-order chi connectivity index (χ1) is 11.3. The molecular weight excluding hydrogens is 328 g/mol. The maximum Gasteiger partial charge on any atom is 0.251 e. The molecule has 0 aromatic heterocycles. The number of carbonyl (C=O) groups is 1. The van der Waals surface area contributed by atoms with Crippen molar-refractivity contribution < 1.29 is 17.9 Å². The van der Waals surface area contributed by atoms with Crippen LogP contribution in [0.4, 0.5) is 0 Å². The number of sulfone groups is 1. The molecule has 1 atom stereocenters. The molecule has 1 N–H and O–H groups in total. The van der Waals surface area contributed by atoms with Crippen LogP contribution in [0, 0.1) is 5.92 Å². The van der Waals surface area contributed by atoms with Gasteiger partial charge < -0.3 is 10.1 Å². The number of carbonyl (C=O) groups excluding carboxylic acids is 1. The molecule has 1 saturated heterocycles. The second kappa shape index (κ2) is 8.09. The van der Waals surface area contributed by atoms with Crippen molar-refractivity contribution in [3.63, 3.8) is 0 Å². The molecule has 1 aliphatic heterocycles. The molecule has 7 heteroatoms. The van der Waals surface area contributed by atoms with E-state index in [1.165, 1.54) is 24.3 Å². The topological polar surface area (TPSA) is 75.7 Å². The lowest BCUT2D eigenvalue weighted by Crippen LogP contribution is -2.48. The van der Waals surface area contributed by atoms with Gasteiger partial charge in [-0.25, -0.2) is 8.42 Å². The van der Waals surface area contributed by atoms with Gasteiger partial charge in [0.2, 0.25) is 0 Å². The van der Waals surface area contributed by atoms with Crippen LogP contribution >= 0.6 is 0 Å². The van der Waals surface area contributed by atoms with Crippen molar-refractivity contribution in [2.45, 2.75) is 24.8 Å². The van der Waals surface area contributed by atoms with Crippen LogP contribution in [0.5, 0.6) is 0 Å². The fourth-order valence-electron chi connectivity index (χ4n) is 2.75. The van der Waals surface area contributed by atoms with Gasteiger partial charge in [0.25, 0.3) is 5.91 Å². The molecular formula is C17H26N2O4S. The average molecular weight is 354 g/mol. The van der Waals surface area contributed by atoms with Gasteiger partial charge in [-0.1, -0.05) is 13.8 Å². The minimum atomic E-state index is -3.25. The van der Waals surface area contributed by atoms with Crippen LogP contribution in [0.1, 0.15) is 24.2 Å². The molecule has 1 heterocycles. The van der Waals surface area contributed by atoms with Gasteiger partial charge in [-0.2, -0.15) is 0 Å². The molecule has 1 aromatic rings. The molecule has 1 unspecified atom stereocenters. The summed E-state index contributed by atoms with van der Waals surface area (Å²) in [5.41, 5.74) is 0.442. The van der Waals surface area contributed by atoms with Crippen molar-refractivity contribution in [2.24, 2.45) is 5.92 Å². The van der Waals surface area contributed by atoms with Crippen LogP contribution in [-0.2, 0) is 14.6 Å². The van der Waals surface area contributed by atoms with Gasteiger partial charge in [0.15, 0.2) is 9.84 Å². The Kier molecular flexibility index (Phi) is 6.37.